The van der Waals surface area contributed by atoms with Crippen LogP contribution in [-0.4, -0.2) is 39.8 Å². The number of allylic oxidation sites excluding steroid dienone is 2. The minimum atomic E-state index is 0.928. The van der Waals surface area contributed by atoms with Gasteiger partial charge in [0.2, 0.25) is 11.4 Å². The van der Waals surface area contributed by atoms with Crippen LogP contribution in [0.1, 0.15) is 179 Å². The van der Waals surface area contributed by atoms with Gasteiger partial charge in [0.05, 0.1) is 0 Å². The molecule has 4 nitrogen and oxygen atoms in total. The van der Waals surface area contributed by atoms with Crippen molar-refractivity contribution in [3.05, 3.63) is 88.0 Å². The van der Waals surface area contributed by atoms with Crippen LogP contribution >= 0.6 is 0 Å². The van der Waals surface area contributed by atoms with Crippen LogP contribution in [0.4, 0.5) is 0 Å². The number of benzene rings is 2. The summed E-state index contributed by atoms with van der Waals surface area (Å²) < 4.78 is 5.94. The van der Waals surface area contributed by atoms with Gasteiger partial charge in [0.1, 0.15) is 0 Å². The Balaban J connectivity index is 0.000000880. The van der Waals surface area contributed by atoms with Crippen LogP contribution in [0.2, 0.25) is 0 Å². The summed E-state index contributed by atoms with van der Waals surface area (Å²) in [5.74, 6) is 0. The summed E-state index contributed by atoms with van der Waals surface area (Å²) >= 11 is 1.59. The van der Waals surface area contributed by atoms with Crippen LogP contribution in [0.5, 0.6) is 0 Å². The Labute approximate surface area is 322 Å². The van der Waals surface area contributed by atoms with E-state index < -0.39 is 0 Å². The first-order chi connectivity index (χ1) is 24.9. The molecule has 0 aromatic heterocycles. The van der Waals surface area contributed by atoms with Gasteiger partial charge in [0.15, 0.2) is 0 Å². The van der Waals surface area contributed by atoms with E-state index >= 15 is 0 Å². The van der Waals surface area contributed by atoms with Gasteiger partial charge in [-0.3, -0.25) is 0 Å². The van der Waals surface area contributed by atoms with E-state index in [1.807, 2.05) is 0 Å². The van der Waals surface area contributed by atoms with Crippen LogP contribution in [-0.2, 0) is 27.7 Å². The Bertz CT molecular complexity index is 1270. The Kier molecular flexibility index (Phi) is 25.1. The third-order valence-electron chi connectivity index (χ3n) is 9.96. The first kappa shape index (κ1) is 45.1. The van der Waals surface area contributed by atoms with Crippen molar-refractivity contribution in [2.75, 3.05) is 27.2 Å². The molecule has 0 amide bonds. The van der Waals surface area contributed by atoms with Crippen LogP contribution in [0.3, 0.4) is 0 Å². The van der Waals surface area contributed by atoms with Gasteiger partial charge in [-0.1, -0.05) is 141 Å². The first-order valence-electron chi connectivity index (χ1n) is 21.0. The molecule has 2 aromatic carbocycles. The second-order valence-electron chi connectivity index (χ2n) is 14.5. The Morgan fingerprint density at radius 2 is 0.941 bits per heavy atom. The van der Waals surface area contributed by atoms with E-state index in [1.54, 1.807) is 14.9 Å². The molecule has 290 valence electrons. The molecule has 0 N–H and O–H groups in total. The van der Waals surface area contributed by atoms with Crippen LogP contribution in [0, 0.1) is 0 Å². The maximum atomic E-state index is 11.7. The summed E-state index contributed by atoms with van der Waals surface area (Å²) in [6, 6.07) is 17.9. The topological polar surface area (TPSA) is 31.8 Å². The van der Waals surface area contributed by atoms with Crippen molar-refractivity contribution in [2.24, 2.45) is 0 Å². The van der Waals surface area contributed by atoms with Crippen molar-refractivity contribution in [1.29, 1.82) is 0 Å². The van der Waals surface area contributed by atoms with Crippen molar-refractivity contribution in [2.45, 2.75) is 169 Å². The molecule has 0 spiro atoms. The summed E-state index contributed by atoms with van der Waals surface area (Å²) in [6.07, 6.45) is 29.0. The summed E-state index contributed by atoms with van der Waals surface area (Å²) in [5, 5.41) is 0. The number of hydrogen-bond acceptors (Lipinski definition) is 2. The van der Waals surface area contributed by atoms with Crippen molar-refractivity contribution < 1.29 is 19.6 Å². The Hall–Kier alpha value is -2.07. The zero-order valence-electron chi connectivity index (χ0n) is 34.1. The van der Waals surface area contributed by atoms with E-state index in [1.165, 1.54) is 137 Å². The van der Waals surface area contributed by atoms with Gasteiger partial charge in [-0.2, -0.15) is 0 Å². The molecule has 0 saturated heterocycles. The standard InChI is InChI=1S/C40H60N2.2C3H8N.Ni/c1-4-7-10-13-16-19-24-34-26-22-29-36(31-34)39-33-38(28-21-18-15-12-9-6-3)40(42(39)41)37-30-23-27-35(32-37)25-20-17-14-11-8-5-2;2*1-3-4-2;/h22-23,26-27,29-33H,4-21,24-25,28H2,1-3H3;2*3H2,1-2H3;/q;2*-1;+2. The van der Waals surface area contributed by atoms with Crippen molar-refractivity contribution in [3.63, 3.8) is 0 Å². The Morgan fingerprint density at radius 3 is 1.41 bits per heavy atom. The van der Waals surface area contributed by atoms with E-state index in [-0.39, 0.29) is 0 Å². The molecule has 3 rings (SSSR count). The van der Waals surface area contributed by atoms with E-state index in [0.717, 1.165) is 54.9 Å². The molecule has 51 heavy (non-hydrogen) atoms. The number of nitrogens with zero attached hydrogens (tertiary/aromatic N) is 4. The molecule has 0 saturated carbocycles. The number of hydrogen-bond donors (Lipinski definition) is 0. The van der Waals surface area contributed by atoms with E-state index in [9.17, 15) is 5.53 Å². The third kappa shape index (κ3) is 18.5. The van der Waals surface area contributed by atoms with Crippen LogP contribution < -0.4 is 0 Å². The van der Waals surface area contributed by atoms with Crippen molar-refractivity contribution >= 4 is 11.4 Å². The zero-order chi connectivity index (χ0) is 37.1. The van der Waals surface area contributed by atoms with Gasteiger partial charge in [0, 0.05) is 22.8 Å². The van der Waals surface area contributed by atoms with Crippen molar-refractivity contribution in [1.82, 2.24) is 7.96 Å². The molecule has 1 aliphatic heterocycles. The number of unbranched alkanes of at least 4 members (excludes halogenated alkanes) is 15. The van der Waals surface area contributed by atoms with Gasteiger partial charge >= 0.3 is 63.9 Å². The van der Waals surface area contributed by atoms with Gasteiger partial charge in [-0.05, 0) is 73.9 Å². The summed E-state index contributed by atoms with van der Waals surface area (Å²) in [5.41, 5.74) is 19.9. The molecule has 2 aromatic rings. The summed E-state index contributed by atoms with van der Waals surface area (Å²) in [7, 11) is 4.21. The molecular weight excluding hydrogens is 667 g/mol. The van der Waals surface area contributed by atoms with Crippen molar-refractivity contribution in [3.8, 4) is 0 Å². The summed E-state index contributed by atoms with van der Waals surface area (Å²) in [6.45, 7) is 13.3. The molecule has 0 bridgehead atoms. The molecule has 0 fully saturated rings. The van der Waals surface area contributed by atoms with Gasteiger partial charge in [-0.25, -0.2) is 4.70 Å². The fourth-order valence-corrected chi connectivity index (χ4v) is 7.46. The SMILES string of the molecule is CCCCCCCCC1=C(c2cccc(CCCCCCCC)c2)[N+](=[N-])C(c2cccc(CCCCCCCC)c2)=C1.CC[N](C)[Ni][N](C)CC. The predicted molar refractivity (Wildman–Crippen MR) is 220 cm³/mol. The fraction of sp³-hybridized carbons (Fsp3) is 0.652. The monoisotopic (exact) mass is 743 g/mol. The summed E-state index contributed by atoms with van der Waals surface area (Å²) in [4.78, 5) is 0. The molecule has 0 radical (unpaired) electrons. The van der Waals surface area contributed by atoms with Crippen LogP contribution in [0.25, 0.3) is 16.9 Å². The quantitative estimate of drug-likeness (QED) is 0.0518. The van der Waals surface area contributed by atoms with E-state index in [2.05, 4.69) is 111 Å². The van der Waals surface area contributed by atoms with E-state index in [4.69, 9.17) is 0 Å². The first-order valence-corrected chi connectivity index (χ1v) is 21.9. The Morgan fingerprint density at radius 1 is 0.529 bits per heavy atom. The molecule has 5 heteroatoms. The van der Waals surface area contributed by atoms with Crippen LogP contribution in [0.15, 0.2) is 60.2 Å². The third-order valence-corrected chi connectivity index (χ3v) is 11.3. The van der Waals surface area contributed by atoms with E-state index in [0.29, 0.717) is 0 Å². The molecule has 0 unspecified atom stereocenters. The van der Waals surface area contributed by atoms with Gasteiger partial charge in [-0.15, -0.1) is 0 Å². The van der Waals surface area contributed by atoms with Gasteiger partial charge < -0.3 is 5.53 Å². The number of aryl methyl sites for hydroxylation is 2. The minimum absolute atomic E-state index is 0.928. The predicted octanol–water partition coefficient (Wildman–Crippen LogP) is 13.8. The maximum absolute atomic E-state index is 11.7. The normalized spacial score (nSPS) is 13.0. The molecule has 1 heterocycles. The molecule has 1 aliphatic rings. The molecular formula is C46H76N4Ni. The average Bonchev–Trinajstić information content (AvgIpc) is 3.48. The second-order valence-corrected chi connectivity index (χ2v) is 16.2. The average molecular weight is 744 g/mol. The molecule has 0 aliphatic carbocycles. The zero-order valence-corrected chi connectivity index (χ0v) is 35.1. The second kappa shape index (κ2) is 28.4. The number of rotatable bonds is 27. The fourth-order valence-electron chi connectivity index (χ4n) is 6.60. The molecule has 0 atom stereocenters. The van der Waals surface area contributed by atoms with Gasteiger partial charge in [0.25, 0.3) is 0 Å².